The van der Waals surface area contributed by atoms with Crippen molar-refractivity contribution in [3.8, 4) is 5.75 Å². The second-order valence-electron chi connectivity index (χ2n) is 6.41. The molecule has 2 aromatic rings. The summed E-state index contributed by atoms with van der Waals surface area (Å²) in [7, 11) is 1.53. The quantitative estimate of drug-likeness (QED) is 0.743. The predicted molar refractivity (Wildman–Crippen MR) is 101 cm³/mol. The predicted octanol–water partition coefficient (Wildman–Crippen LogP) is 1.38. The second kappa shape index (κ2) is 8.55. The second-order valence-corrected chi connectivity index (χ2v) is 6.41. The number of nitrogens with one attached hydrogen (secondary N) is 2. The Hall–Kier alpha value is -3.06. The zero-order valence-corrected chi connectivity index (χ0v) is 15.1. The summed E-state index contributed by atoms with van der Waals surface area (Å²) >= 11 is 0. The number of nitrogens with zero attached hydrogens (tertiary/aromatic N) is 1. The first-order valence-electron chi connectivity index (χ1n) is 8.79. The molecule has 0 aromatic heterocycles. The lowest BCUT2D eigenvalue weighted by Crippen LogP contribution is -2.43. The molecule has 3 rings (SSSR count). The molecule has 1 aliphatic rings. The van der Waals surface area contributed by atoms with Gasteiger partial charge < -0.3 is 25.4 Å². The Bertz CT molecular complexity index is 780. The first-order chi connectivity index (χ1) is 13.1. The highest BCUT2D eigenvalue weighted by molar-refractivity contribution is 5.94. The van der Waals surface area contributed by atoms with Crippen molar-refractivity contribution in [2.45, 2.75) is 18.8 Å². The Labute approximate surface area is 157 Å². The average molecular weight is 369 g/mol. The van der Waals surface area contributed by atoms with Crippen LogP contribution in [0.25, 0.3) is 0 Å². The Morgan fingerprint density at radius 3 is 2.48 bits per heavy atom. The summed E-state index contributed by atoms with van der Waals surface area (Å²) in [5, 5.41) is 15.4. The summed E-state index contributed by atoms with van der Waals surface area (Å²) < 4.78 is 5.71. The highest BCUT2D eigenvalue weighted by Crippen LogP contribution is 2.16. The Kier molecular flexibility index (Phi) is 5.93. The number of aliphatic hydroxyl groups excluding tert-OH is 1. The Balaban J connectivity index is 1.54. The van der Waals surface area contributed by atoms with Gasteiger partial charge in [-0.05, 0) is 29.8 Å². The third-order valence-electron chi connectivity index (χ3n) is 4.47. The van der Waals surface area contributed by atoms with E-state index < -0.39 is 12.1 Å². The molecule has 0 unspecified atom stereocenters. The number of amides is 3. The lowest BCUT2D eigenvalue weighted by atomic mass is 10.1. The Morgan fingerprint density at radius 2 is 1.81 bits per heavy atom. The van der Waals surface area contributed by atoms with Crippen LogP contribution in [0.1, 0.15) is 15.9 Å². The number of rotatable bonds is 5. The first kappa shape index (κ1) is 18.7. The van der Waals surface area contributed by atoms with Gasteiger partial charge in [0.15, 0.2) is 0 Å². The van der Waals surface area contributed by atoms with Crippen molar-refractivity contribution in [2.75, 3.05) is 20.1 Å². The minimum Gasteiger partial charge on any atom is -0.489 e. The van der Waals surface area contributed by atoms with Crippen LogP contribution >= 0.6 is 0 Å². The molecule has 0 spiro atoms. The molecule has 27 heavy (non-hydrogen) atoms. The molecule has 2 aromatic carbocycles. The molecule has 0 saturated carbocycles. The molecular weight excluding hydrogens is 346 g/mol. The summed E-state index contributed by atoms with van der Waals surface area (Å²) in [6.45, 7) is 0.914. The van der Waals surface area contributed by atoms with Gasteiger partial charge >= 0.3 is 6.03 Å². The van der Waals surface area contributed by atoms with Crippen LogP contribution in [0.3, 0.4) is 0 Å². The van der Waals surface area contributed by atoms with E-state index >= 15 is 0 Å². The topological polar surface area (TPSA) is 90.9 Å². The van der Waals surface area contributed by atoms with E-state index in [9.17, 15) is 14.7 Å². The van der Waals surface area contributed by atoms with E-state index in [2.05, 4.69) is 10.6 Å². The summed E-state index contributed by atoms with van der Waals surface area (Å²) in [6.07, 6.45) is -0.792. The number of likely N-dealkylation sites (tertiary alicyclic amines) is 1. The van der Waals surface area contributed by atoms with Crippen LogP contribution in [-0.2, 0) is 6.61 Å². The van der Waals surface area contributed by atoms with Crippen LogP contribution in [-0.4, -0.2) is 54.2 Å². The number of ether oxygens (including phenoxy) is 1. The van der Waals surface area contributed by atoms with Gasteiger partial charge in [-0.1, -0.05) is 30.3 Å². The summed E-state index contributed by atoms with van der Waals surface area (Å²) in [5.74, 6) is 0.370. The number of hydrogen-bond donors (Lipinski definition) is 3. The molecule has 0 aliphatic carbocycles. The van der Waals surface area contributed by atoms with E-state index in [1.54, 1.807) is 24.3 Å². The van der Waals surface area contributed by atoms with Crippen LogP contribution in [0.2, 0.25) is 0 Å². The van der Waals surface area contributed by atoms with Gasteiger partial charge in [-0.15, -0.1) is 0 Å². The minimum absolute atomic E-state index is 0.191. The van der Waals surface area contributed by atoms with Gasteiger partial charge in [0.25, 0.3) is 5.91 Å². The number of carbonyl (C=O) groups excluding carboxylic acids is 2. The van der Waals surface area contributed by atoms with Gasteiger partial charge in [0.2, 0.25) is 0 Å². The van der Waals surface area contributed by atoms with E-state index in [1.165, 1.54) is 11.9 Å². The molecule has 3 N–H and O–H groups in total. The zero-order chi connectivity index (χ0) is 19.2. The van der Waals surface area contributed by atoms with Crippen LogP contribution in [0, 0.1) is 0 Å². The molecule has 0 bridgehead atoms. The van der Waals surface area contributed by atoms with Gasteiger partial charge in [0.1, 0.15) is 12.4 Å². The van der Waals surface area contributed by atoms with E-state index in [0.717, 1.165) is 5.56 Å². The highest BCUT2D eigenvalue weighted by Gasteiger charge is 2.34. The number of aliphatic hydroxyl groups is 1. The molecule has 0 radical (unpaired) electrons. The monoisotopic (exact) mass is 369 g/mol. The number of benzene rings is 2. The molecular formula is C20H23N3O4. The highest BCUT2D eigenvalue weighted by atomic mass is 16.5. The van der Waals surface area contributed by atoms with Gasteiger partial charge in [0.05, 0.1) is 18.7 Å². The first-order valence-corrected chi connectivity index (χ1v) is 8.79. The van der Waals surface area contributed by atoms with Crippen molar-refractivity contribution in [1.29, 1.82) is 0 Å². The standard InChI is InChI=1S/C20H23N3O4/c1-21-20(26)23-11-17(18(24)12-23)22-19(25)15-7-9-16(10-8-15)27-13-14-5-3-2-4-6-14/h2-10,17-18,24H,11-13H2,1H3,(H,21,26)(H,22,25)/t17-,18-/m0/s1. The molecule has 1 aliphatic heterocycles. The third-order valence-corrected chi connectivity index (χ3v) is 4.47. The molecule has 1 saturated heterocycles. The fourth-order valence-electron chi connectivity index (χ4n) is 2.95. The fourth-order valence-corrected chi connectivity index (χ4v) is 2.95. The molecule has 7 heteroatoms. The van der Waals surface area contributed by atoms with Gasteiger partial charge in [-0.25, -0.2) is 4.79 Å². The zero-order valence-electron chi connectivity index (χ0n) is 15.1. The average Bonchev–Trinajstić information content (AvgIpc) is 3.07. The van der Waals surface area contributed by atoms with Gasteiger partial charge in [-0.3, -0.25) is 4.79 Å². The van der Waals surface area contributed by atoms with Crippen LogP contribution in [0.15, 0.2) is 54.6 Å². The van der Waals surface area contributed by atoms with E-state index in [0.29, 0.717) is 17.9 Å². The van der Waals surface area contributed by atoms with Crippen molar-refractivity contribution in [3.63, 3.8) is 0 Å². The smallest absolute Gasteiger partial charge is 0.317 e. The van der Waals surface area contributed by atoms with Gasteiger partial charge in [-0.2, -0.15) is 0 Å². The van der Waals surface area contributed by atoms with E-state index in [-0.39, 0.29) is 25.0 Å². The molecule has 7 nitrogen and oxygen atoms in total. The maximum absolute atomic E-state index is 12.4. The van der Waals surface area contributed by atoms with Crippen LogP contribution in [0.4, 0.5) is 4.79 Å². The van der Waals surface area contributed by atoms with Crippen molar-refractivity contribution in [1.82, 2.24) is 15.5 Å². The minimum atomic E-state index is -0.792. The number of β-amino-alcohol motifs (C(OH)–C–C–N with tert-alkyl or cyclic N) is 1. The number of urea groups is 1. The largest absolute Gasteiger partial charge is 0.489 e. The fraction of sp³-hybridized carbons (Fsp3) is 0.300. The lowest BCUT2D eigenvalue weighted by Gasteiger charge is -2.16. The number of carbonyl (C=O) groups is 2. The maximum Gasteiger partial charge on any atom is 0.317 e. The van der Waals surface area contributed by atoms with E-state index in [4.69, 9.17) is 4.74 Å². The maximum atomic E-state index is 12.4. The van der Waals surface area contributed by atoms with Crippen molar-refractivity contribution in [3.05, 3.63) is 65.7 Å². The SMILES string of the molecule is CNC(=O)N1C[C@H](NC(=O)c2ccc(OCc3ccccc3)cc2)[C@@H](O)C1. The van der Waals surface area contributed by atoms with Crippen molar-refractivity contribution < 1.29 is 19.4 Å². The summed E-state index contributed by atoms with van der Waals surface area (Å²) in [4.78, 5) is 25.5. The molecule has 3 amide bonds. The van der Waals surface area contributed by atoms with E-state index in [1.807, 2.05) is 30.3 Å². The number of hydrogen-bond acceptors (Lipinski definition) is 4. The molecule has 142 valence electrons. The third kappa shape index (κ3) is 4.77. The van der Waals surface area contributed by atoms with Crippen molar-refractivity contribution >= 4 is 11.9 Å². The normalized spacial score (nSPS) is 18.8. The van der Waals surface area contributed by atoms with Crippen molar-refractivity contribution in [2.24, 2.45) is 0 Å². The summed E-state index contributed by atoms with van der Waals surface area (Å²) in [6, 6.07) is 15.9. The van der Waals surface area contributed by atoms with Crippen LogP contribution < -0.4 is 15.4 Å². The molecule has 1 fully saturated rings. The molecule has 1 heterocycles. The Morgan fingerprint density at radius 1 is 1.11 bits per heavy atom. The molecule has 2 atom stereocenters. The summed E-state index contributed by atoms with van der Waals surface area (Å²) in [5.41, 5.74) is 1.53. The van der Waals surface area contributed by atoms with Gasteiger partial charge in [0, 0.05) is 19.2 Å². The van der Waals surface area contributed by atoms with Crippen LogP contribution in [0.5, 0.6) is 5.75 Å². The lowest BCUT2D eigenvalue weighted by molar-refractivity contribution is 0.0888.